The molecule has 6 heteroatoms. The van der Waals surface area contributed by atoms with E-state index in [4.69, 9.17) is 0 Å². The van der Waals surface area contributed by atoms with Crippen molar-refractivity contribution in [3.8, 4) is 0 Å². The molecule has 1 fully saturated rings. The summed E-state index contributed by atoms with van der Waals surface area (Å²) in [7, 11) is 0. The maximum absolute atomic E-state index is 13.1. The molecule has 0 unspecified atom stereocenters. The SMILES string of the molecule is CC(C)NC(=O)c1sc2ccccc2c1[C@H]1CCN(C(=O)CN2Cc3ccccc3C2)C1. The lowest BCUT2D eigenvalue weighted by Crippen LogP contribution is -2.37. The highest BCUT2D eigenvalue weighted by atomic mass is 32.1. The summed E-state index contributed by atoms with van der Waals surface area (Å²) in [5, 5.41) is 4.21. The minimum Gasteiger partial charge on any atom is -0.349 e. The number of carbonyl (C=O) groups is 2. The Labute approximate surface area is 193 Å². The van der Waals surface area contributed by atoms with Gasteiger partial charge in [0.2, 0.25) is 5.91 Å². The normalized spacial score (nSPS) is 18.5. The van der Waals surface area contributed by atoms with Crippen molar-refractivity contribution < 1.29 is 9.59 Å². The summed E-state index contributed by atoms with van der Waals surface area (Å²) in [4.78, 5) is 31.1. The molecular weight excluding hydrogens is 418 g/mol. The minimum atomic E-state index is -0.00388. The van der Waals surface area contributed by atoms with Crippen LogP contribution in [-0.4, -0.2) is 47.3 Å². The summed E-state index contributed by atoms with van der Waals surface area (Å²) < 4.78 is 1.14. The van der Waals surface area contributed by atoms with Crippen molar-refractivity contribution in [3.05, 3.63) is 70.1 Å². The van der Waals surface area contributed by atoms with Crippen LogP contribution in [0.4, 0.5) is 0 Å². The van der Waals surface area contributed by atoms with E-state index in [-0.39, 0.29) is 23.8 Å². The molecule has 1 atom stereocenters. The summed E-state index contributed by atoms with van der Waals surface area (Å²) in [5.74, 6) is 0.377. The number of hydrogen-bond donors (Lipinski definition) is 1. The average Bonchev–Trinajstić information content (AvgIpc) is 3.48. The van der Waals surface area contributed by atoms with Gasteiger partial charge in [-0.15, -0.1) is 11.3 Å². The molecule has 5 nitrogen and oxygen atoms in total. The van der Waals surface area contributed by atoms with Gasteiger partial charge in [0.15, 0.2) is 0 Å². The third-order valence-electron chi connectivity index (χ3n) is 6.47. The standard InChI is InChI=1S/C26H29N3O2S/c1-17(2)27-26(31)25-24(21-9-5-6-10-22(21)32-25)20-11-12-29(15-20)23(30)16-28-13-18-7-3-4-8-19(18)14-28/h3-10,17,20H,11-16H2,1-2H3,(H,27,31)/t20-/m0/s1. The van der Waals surface area contributed by atoms with Crippen molar-refractivity contribution in [3.63, 3.8) is 0 Å². The lowest BCUT2D eigenvalue weighted by molar-refractivity contribution is -0.131. The number of rotatable bonds is 5. The molecule has 0 aliphatic carbocycles. The molecule has 3 heterocycles. The van der Waals surface area contributed by atoms with Crippen molar-refractivity contribution in [2.45, 2.75) is 45.3 Å². The zero-order valence-corrected chi connectivity index (χ0v) is 19.5. The van der Waals surface area contributed by atoms with Gasteiger partial charge < -0.3 is 10.2 Å². The molecule has 166 valence electrons. The molecule has 3 aromatic rings. The largest absolute Gasteiger partial charge is 0.349 e. The number of benzene rings is 2. The van der Waals surface area contributed by atoms with E-state index in [2.05, 4.69) is 46.6 Å². The second-order valence-corrected chi connectivity index (χ2v) is 10.3. The van der Waals surface area contributed by atoms with Crippen LogP contribution in [0.1, 0.15) is 52.5 Å². The fourth-order valence-electron chi connectivity index (χ4n) is 5.00. The van der Waals surface area contributed by atoms with Crippen molar-refractivity contribution >= 4 is 33.2 Å². The maximum Gasteiger partial charge on any atom is 0.261 e. The second-order valence-electron chi connectivity index (χ2n) is 9.21. The molecule has 2 aliphatic heterocycles. The summed E-state index contributed by atoms with van der Waals surface area (Å²) >= 11 is 1.57. The molecule has 5 rings (SSSR count). The van der Waals surface area contributed by atoms with E-state index >= 15 is 0 Å². The number of thiophene rings is 1. The van der Waals surface area contributed by atoms with E-state index in [1.165, 1.54) is 11.1 Å². The number of likely N-dealkylation sites (tertiary alicyclic amines) is 1. The van der Waals surface area contributed by atoms with Gasteiger partial charge in [0.25, 0.3) is 5.91 Å². The summed E-state index contributed by atoms with van der Waals surface area (Å²) in [6.07, 6.45) is 0.897. The predicted octanol–water partition coefficient (Wildman–Crippen LogP) is 4.37. The Balaban J connectivity index is 1.32. The monoisotopic (exact) mass is 447 g/mol. The quantitative estimate of drug-likeness (QED) is 0.632. The molecule has 1 N–H and O–H groups in total. The van der Waals surface area contributed by atoms with Crippen LogP contribution in [0.2, 0.25) is 0 Å². The van der Waals surface area contributed by atoms with Crippen LogP contribution in [0, 0.1) is 0 Å². The Morgan fingerprint density at radius 2 is 1.75 bits per heavy atom. The van der Waals surface area contributed by atoms with E-state index in [9.17, 15) is 9.59 Å². The van der Waals surface area contributed by atoms with Crippen molar-refractivity contribution in [1.29, 1.82) is 0 Å². The smallest absolute Gasteiger partial charge is 0.261 e. The van der Waals surface area contributed by atoms with E-state index in [1.54, 1.807) is 11.3 Å². The van der Waals surface area contributed by atoms with Crippen LogP contribution in [0.25, 0.3) is 10.1 Å². The molecule has 1 saturated heterocycles. The lowest BCUT2D eigenvalue weighted by Gasteiger charge is -2.21. The Hall–Kier alpha value is -2.70. The topological polar surface area (TPSA) is 52.7 Å². The van der Waals surface area contributed by atoms with Gasteiger partial charge in [-0.1, -0.05) is 42.5 Å². The number of nitrogens with zero attached hydrogens (tertiary/aromatic N) is 2. The first-order chi connectivity index (χ1) is 15.5. The highest BCUT2D eigenvalue weighted by Gasteiger charge is 2.33. The van der Waals surface area contributed by atoms with Gasteiger partial charge in [-0.2, -0.15) is 0 Å². The van der Waals surface area contributed by atoms with Crippen LogP contribution < -0.4 is 5.32 Å². The molecule has 0 bridgehead atoms. The third kappa shape index (κ3) is 4.05. The molecule has 0 radical (unpaired) electrons. The number of nitrogens with one attached hydrogen (secondary N) is 1. The first-order valence-corrected chi connectivity index (χ1v) is 12.2. The van der Waals surface area contributed by atoms with Crippen molar-refractivity contribution in [2.75, 3.05) is 19.6 Å². The first kappa shape index (κ1) is 21.2. The van der Waals surface area contributed by atoms with Crippen LogP contribution in [-0.2, 0) is 17.9 Å². The van der Waals surface area contributed by atoms with Crippen LogP contribution >= 0.6 is 11.3 Å². The Kier molecular flexibility index (Phi) is 5.74. The van der Waals surface area contributed by atoms with E-state index in [0.29, 0.717) is 13.1 Å². The molecule has 2 aliphatic rings. The predicted molar refractivity (Wildman–Crippen MR) is 129 cm³/mol. The van der Waals surface area contributed by atoms with Gasteiger partial charge >= 0.3 is 0 Å². The highest BCUT2D eigenvalue weighted by molar-refractivity contribution is 7.21. The minimum absolute atomic E-state index is 0.00388. The van der Waals surface area contributed by atoms with Gasteiger partial charge in [-0.3, -0.25) is 14.5 Å². The highest BCUT2D eigenvalue weighted by Crippen LogP contribution is 2.40. The molecular formula is C26H29N3O2S. The number of amides is 2. The summed E-state index contributed by atoms with van der Waals surface area (Å²) in [6, 6.07) is 16.8. The van der Waals surface area contributed by atoms with Gasteiger partial charge in [-0.25, -0.2) is 0 Å². The molecule has 0 spiro atoms. The molecule has 2 amide bonds. The third-order valence-corrected chi connectivity index (χ3v) is 7.66. The zero-order valence-electron chi connectivity index (χ0n) is 18.6. The fraction of sp³-hybridized carbons (Fsp3) is 0.385. The Bertz CT molecular complexity index is 1140. The Morgan fingerprint density at radius 1 is 1.06 bits per heavy atom. The van der Waals surface area contributed by atoms with Gasteiger partial charge in [0.05, 0.1) is 11.4 Å². The summed E-state index contributed by atoms with van der Waals surface area (Å²) in [5.41, 5.74) is 3.77. The van der Waals surface area contributed by atoms with Crippen LogP contribution in [0.15, 0.2) is 48.5 Å². The summed E-state index contributed by atoms with van der Waals surface area (Å²) in [6.45, 7) is 7.53. The van der Waals surface area contributed by atoms with Crippen LogP contribution in [0.3, 0.4) is 0 Å². The molecule has 0 saturated carbocycles. The van der Waals surface area contributed by atoms with E-state index < -0.39 is 0 Å². The van der Waals surface area contributed by atoms with Gasteiger partial charge in [0.1, 0.15) is 0 Å². The number of hydrogen-bond acceptors (Lipinski definition) is 4. The van der Waals surface area contributed by atoms with E-state index in [1.807, 2.05) is 30.9 Å². The van der Waals surface area contributed by atoms with Crippen molar-refractivity contribution in [2.24, 2.45) is 0 Å². The zero-order chi connectivity index (χ0) is 22.2. The molecule has 32 heavy (non-hydrogen) atoms. The van der Waals surface area contributed by atoms with Crippen LogP contribution in [0.5, 0.6) is 0 Å². The average molecular weight is 448 g/mol. The fourth-order valence-corrected chi connectivity index (χ4v) is 6.19. The Morgan fingerprint density at radius 3 is 2.47 bits per heavy atom. The lowest BCUT2D eigenvalue weighted by atomic mass is 9.95. The number of carbonyl (C=O) groups excluding carboxylic acids is 2. The first-order valence-electron chi connectivity index (χ1n) is 11.4. The van der Waals surface area contributed by atoms with Crippen molar-refractivity contribution in [1.82, 2.24) is 15.1 Å². The maximum atomic E-state index is 13.1. The van der Waals surface area contributed by atoms with Gasteiger partial charge in [-0.05, 0) is 48.4 Å². The molecule has 1 aromatic heterocycles. The van der Waals surface area contributed by atoms with E-state index in [0.717, 1.165) is 46.6 Å². The number of fused-ring (bicyclic) bond motifs is 2. The second kappa shape index (κ2) is 8.68. The van der Waals surface area contributed by atoms with Gasteiger partial charge in [0, 0.05) is 42.8 Å². The molecule has 2 aromatic carbocycles.